The summed E-state index contributed by atoms with van der Waals surface area (Å²) in [4.78, 5) is 45.2. The molecule has 3 saturated heterocycles. The van der Waals surface area contributed by atoms with Gasteiger partial charge in [-0.3, -0.25) is 14.4 Å². The summed E-state index contributed by atoms with van der Waals surface area (Å²) in [5, 5.41) is 9.22. The fraction of sp³-hybridized carbons (Fsp3) is 0.552. The summed E-state index contributed by atoms with van der Waals surface area (Å²) in [6.07, 6.45) is 6.79. The summed E-state index contributed by atoms with van der Waals surface area (Å²) >= 11 is 1.65. The van der Waals surface area contributed by atoms with Crippen LogP contribution in [0.15, 0.2) is 55.6 Å². The monoisotopic (exact) mass is 526 g/mol. The Labute approximate surface area is 223 Å². The highest BCUT2D eigenvalue weighted by atomic mass is 32.2. The lowest BCUT2D eigenvalue weighted by Gasteiger charge is -2.37. The molecule has 5 atom stereocenters. The van der Waals surface area contributed by atoms with Crippen LogP contribution in [0.3, 0.4) is 0 Å². The van der Waals surface area contributed by atoms with Gasteiger partial charge in [-0.2, -0.15) is 0 Å². The number of hydrogen-bond acceptors (Lipinski definition) is 6. The summed E-state index contributed by atoms with van der Waals surface area (Å²) in [6.45, 7) is 10.9. The Hall–Kier alpha value is -2.58. The molecule has 0 saturated carbocycles. The van der Waals surface area contributed by atoms with Crippen molar-refractivity contribution in [2.75, 3.05) is 26.3 Å². The first-order valence-electron chi connectivity index (χ1n) is 13.2. The first-order valence-corrected chi connectivity index (χ1v) is 14.0. The molecule has 3 fully saturated rings. The second-order valence-corrected chi connectivity index (χ2v) is 12.4. The van der Waals surface area contributed by atoms with Gasteiger partial charge in [0.05, 0.1) is 16.6 Å². The number of nitrogens with zero attached hydrogens (tertiary/aromatic N) is 2. The Morgan fingerprint density at radius 1 is 1.19 bits per heavy atom. The quantitative estimate of drug-likeness (QED) is 0.240. The lowest BCUT2D eigenvalue weighted by Crippen LogP contribution is -2.54. The van der Waals surface area contributed by atoms with Crippen LogP contribution < -0.4 is 0 Å². The summed E-state index contributed by atoms with van der Waals surface area (Å²) < 4.78 is 4.35. The number of likely N-dealkylation sites (tertiary alicyclic amines) is 1. The smallest absolute Gasteiger partial charge is 0.311 e. The Kier molecular flexibility index (Phi) is 8.49. The average molecular weight is 527 g/mol. The van der Waals surface area contributed by atoms with E-state index >= 15 is 0 Å². The maximum atomic E-state index is 14.4. The zero-order valence-electron chi connectivity index (χ0n) is 21.6. The van der Waals surface area contributed by atoms with E-state index in [1.54, 1.807) is 27.6 Å². The van der Waals surface area contributed by atoms with Crippen LogP contribution in [0.5, 0.6) is 0 Å². The van der Waals surface area contributed by atoms with Crippen molar-refractivity contribution in [1.29, 1.82) is 0 Å². The van der Waals surface area contributed by atoms with E-state index in [2.05, 4.69) is 13.2 Å². The van der Waals surface area contributed by atoms with Crippen LogP contribution >= 0.6 is 11.8 Å². The van der Waals surface area contributed by atoms with Gasteiger partial charge in [0.25, 0.3) is 0 Å². The molecule has 1 aromatic rings. The van der Waals surface area contributed by atoms with Crippen LogP contribution in [0, 0.1) is 11.8 Å². The minimum Gasteiger partial charge on any atom is -0.461 e. The van der Waals surface area contributed by atoms with Crippen molar-refractivity contribution in [3.8, 4) is 0 Å². The molecule has 2 bridgehead atoms. The molecule has 3 heterocycles. The number of carbonyl (C=O) groups excluding carboxylic acids is 3. The van der Waals surface area contributed by atoms with Gasteiger partial charge in [0, 0.05) is 31.0 Å². The van der Waals surface area contributed by atoms with Crippen LogP contribution in [0.1, 0.15) is 44.6 Å². The minimum atomic E-state index is -0.673. The predicted octanol–water partition coefficient (Wildman–Crippen LogP) is 3.57. The van der Waals surface area contributed by atoms with Gasteiger partial charge in [0.2, 0.25) is 11.8 Å². The molecule has 1 aromatic carbocycles. The van der Waals surface area contributed by atoms with Gasteiger partial charge in [-0.15, -0.1) is 18.3 Å². The molecule has 2 unspecified atom stereocenters. The molecule has 1 N–H and O–H groups in total. The highest BCUT2D eigenvalue weighted by Crippen LogP contribution is 2.71. The van der Waals surface area contributed by atoms with Crippen LogP contribution in [0.2, 0.25) is 0 Å². The zero-order chi connectivity index (χ0) is 26.6. The number of aliphatic hydroxyl groups is 1. The molecule has 0 aromatic heterocycles. The molecule has 3 aliphatic heterocycles. The highest BCUT2D eigenvalue weighted by Gasteiger charge is 2.77. The van der Waals surface area contributed by atoms with E-state index in [0.717, 1.165) is 18.4 Å². The standard InChI is InChI=1S/C29H38N2O5S/c1-4-16-30(20-21-12-8-6-9-13-21)26(34)24-29-15-14-28(3,37-29)23(27(35)36-19-5-2)22(29)25(33)31(24)17-10-7-11-18-32/h4-6,8-9,12-13,22-24,32H,1-2,7,10-11,14-20H2,3H3/t22-,23+,24?,28-,29?/m0/s1. The minimum absolute atomic E-state index is 0.0957. The first-order chi connectivity index (χ1) is 17.8. The molecule has 7 nitrogen and oxygen atoms in total. The number of rotatable bonds is 13. The molecule has 0 radical (unpaired) electrons. The average Bonchev–Trinajstić information content (AvgIpc) is 3.46. The molecular weight excluding hydrogens is 488 g/mol. The van der Waals surface area contributed by atoms with E-state index in [4.69, 9.17) is 4.74 Å². The number of esters is 1. The van der Waals surface area contributed by atoms with E-state index in [1.165, 1.54) is 6.08 Å². The van der Waals surface area contributed by atoms with Crippen molar-refractivity contribution < 1.29 is 24.2 Å². The van der Waals surface area contributed by atoms with Gasteiger partial charge >= 0.3 is 5.97 Å². The number of unbranched alkanes of at least 4 members (excludes halogenated alkanes) is 2. The van der Waals surface area contributed by atoms with Gasteiger partial charge in [-0.1, -0.05) is 49.1 Å². The number of thioether (sulfide) groups is 1. The van der Waals surface area contributed by atoms with Gasteiger partial charge in [-0.25, -0.2) is 0 Å². The highest BCUT2D eigenvalue weighted by molar-refractivity contribution is 8.02. The van der Waals surface area contributed by atoms with Gasteiger partial charge in [-0.05, 0) is 44.6 Å². The van der Waals surface area contributed by atoms with Crippen molar-refractivity contribution in [2.45, 2.75) is 61.1 Å². The summed E-state index contributed by atoms with van der Waals surface area (Å²) in [7, 11) is 0. The fourth-order valence-corrected chi connectivity index (χ4v) is 8.81. The number of fused-ring (bicyclic) bond motifs is 1. The van der Waals surface area contributed by atoms with Crippen LogP contribution in [0.25, 0.3) is 0 Å². The molecule has 37 heavy (non-hydrogen) atoms. The SMILES string of the molecule is C=CCOC(=O)[C@H]1[C@H]2C(=O)N(CCCCCO)C(C(=O)N(CC=C)Cc3ccccc3)C23CC[C@]1(C)S3. The molecule has 4 rings (SSSR count). The lowest BCUT2D eigenvalue weighted by molar-refractivity contribution is -0.154. The Morgan fingerprint density at radius 2 is 1.95 bits per heavy atom. The molecule has 1 spiro atoms. The normalized spacial score (nSPS) is 29.7. The van der Waals surface area contributed by atoms with Crippen LogP contribution in [0.4, 0.5) is 0 Å². The topological polar surface area (TPSA) is 87.1 Å². The van der Waals surface area contributed by atoms with E-state index in [9.17, 15) is 19.5 Å². The number of carbonyl (C=O) groups is 3. The van der Waals surface area contributed by atoms with E-state index in [0.29, 0.717) is 38.9 Å². The number of aliphatic hydroxyl groups excluding tert-OH is 1. The number of benzene rings is 1. The molecule has 0 aliphatic carbocycles. The second kappa shape index (κ2) is 11.4. The summed E-state index contributed by atoms with van der Waals surface area (Å²) in [6, 6.07) is 9.14. The number of hydrogen-bond donors (Lipinski definition) is 1. The lowest BCUT2D eigenvalue weighted by atomic mass is 9.66. The van der Waals surface area contributed by atoms with E-state index < -0.39 is 27.4 Å². The number of ether oxygens (including phenoxy) is 1. The zero-order valence-corrected chi connectivity index (χ0v) is 22.5. The Morgan fingerprint density at radius 3 is 2.62 bits per heavy atom. The Balaban J connectivity index is 1.70. The van der Waals surface area contributed by atoms with E-state index in [1.807, 2.05) is 37.3 Å². The molecule has 200 valence electrons. The third kappa shape index (κ3) is 4.98. The van der Waals surface area contributed by atoms with Crippen molar-refractivity contribution in [3.05, 3.63) is 61.2 Å². The molecule has 3 aliphatic rings. The first kappa shape index (κ1) is 27.5. The molecule has 2 amide bonds. The summed E-state index contributed by atoms with van der Waals surface area (Å²) in [5.74, 6) is -1.80. The maximum Gasteiger partial charge on any atom is 0.311 e. The van der Waals surface area contributed by atoms with Crippen LogP contribution in [-0.2, 0) is 25.7 Å². The van der Waals surface area contributed by atoms with Gasteiger partial charge in [0.1, 0.15) is 12.6 Å². The summed E-state index contributed by atoms with van der Waals surface area (Å²) in [5.41, 5.74) is 1.01. The fourth-order valence-electron chi connectivity index (χ4n) is 6.47. The van der Waals surface area contributed by atoms with Crippen LogP contribution in [-0.4, -0.2) is 74.5 Å². The van der Waals surface area contributed by atoms with Crippen molar-refractivity contribution in [2.24, 2.45) is 11.8 Å². The van der Waals surface area contributed by atoms with E-state index in [-0.39, 0.29) is 31.0 Å². The largest absolute Gasteiger partial charge is 0.461 e. The maximum absolute atomic E-state index is 14.4. The number of amides is 2. The van der Waals surface area contributed by atoms with Crippen molar-refractivity contribution >= 4 is 29.5 Å². The predicted molar refractivity (Wildman–Crippen MR) is 145 cm³/mol. The van der Waals surface area contributed by atoms with Gasteiger partial charge < -0.3 is 19.6 Å². The second-order valence-electron chi connectivity index (χ2n) is 10.5. The van der Waals surface area contributed by atoms with Crippen molar-refractivity contribution in [1.82, 2.24) is 9.80 Å². The third-order valence-electron chi connectivity index (χ3n) is 8.04. The van der Waals surface area contributed by atoms with Crippen molar-refractivity contribution in [3.63, 3.8) is 0 Å². The Bertz CT molecular complexity index is 1030. The third-order valence-corrected chi connectivity index (χ3v) is 10.0. The molecule has 8 heteroatoms. The molecular formula is C29H38N2O5S. The van der Waals surface area contributed by atoms with Gasteiger partial charge in [0.15, 0.2) is 0 Å².